The lowest BCUT2D eigenvalue weighted by Crippen LogP contribution is -2.20. The van der Waals surface area contributed by atoms with Crippen LogP contribution >= 0.6 is 0 Å². The van der Waals surface area contributed by atoms with E-state index in [1.807, 2.05) is 6.92 Å². The second-order valence-corrected chi connectivity index (χ2v) is 3.86. The van der Waals surface area contributed by atoms with Crippen LogP contribution in [0.15, 0.2) is 0 Å². The fourth-order valence-corrected chi connectivity index (χ4v) is 1.58. The highest BCUT2D eigenvalue weighted by molar-refractivity contribution is 5.69. The molecular weight excluding hydrogens is 180 g/mol. The molecule has 0 aromatic carbocycles. The largest absolute Gasteiger partial charge is 0.481 e. The van der Waals surface area contributed by atoms with Crippen molar-refractivity contribution in [2.75, 3.05) is 0 Å². The van der Waals surface area contributed by atoms with E-state index in [2.05, 4.69) is 6.92 Å². The first-order valence-electron chi connectivity index (χ1n) is 5.52. The SMILES string of the molecule is CCCCC(O)CC(CCC)C(=O)O. The molecule has 2 N–H and O–H groups in total. The zero-order valence-corrected chi connectivity index (χ0v) is 9.20. The molecule has 0 aromatic rings. The van der Waals surface area contributed by atoms with Crippen LogP contribution in [0.3, 0.4) is 0 Å². The van der Waals surface area contributed by atoms with E-state index in [1.165, 1.54) is 0 Å². The quantitative estimate of drug-likeness (QED) is 0.635. The van der Waals surface area contributed by atoms with E-state index >= 15 is 0 Å². The highest BCUT2D eigenvalue weighted by Crippen LogP contribution is 2.16. The molecule has 0 radical (unpaired) electrons. The smallest absolute Gasteiger partial charge is 0.306 e. The maximum Gasteiger partial charge on any atom is 0.306 e. The molecule has 0 saturated heterocycles. The Morgan fingerprint density at radius 2 is 1.86 bits per heavy atom. The molecule has 0 bridgehead atoms. The summed E-state index contributed by atoms with van der Waals surface area (Å²) in [5, 5.41) is 18.4. The van der Waals surface area contributed by atoms with Crippen LogP contribution in [-0.4, -0.2) is 22.3 Å². The summed E-state index contributed by atoms with van der Waals surface area (Å²) in [5.74, 6) is -1.14. The van der Waals surface area contributed by atoms with Crippen molar-refractivity contribution in [2.45, 2.75) is 58.5 Å². The molecule has 0 heterocycles. The third kappa shape index (κ3) is 5.97. The number of carbonyl (C=O) groups is 1. The molecule has 84 valence electrons. The number of hydrogen-bond acceptors (Lipinski definition) is 2. The molecule has 3 heteroatoms. The highest BCUT2D eigenvalue weighted by Gasteiger charge is 2.19. The second kappa shape index (κ2) is 7.80. The molecule has 0 aliphatic heterocycles. The fourth-order valence-electron chi connectivity index (χ4n) is 1.58. The zero-order valence-electron chi connectivity index (χ0n) is 9.20. The monoisotopic (exact) mass is 202 g/mol. The second-order valence-electron chi connectivity index (χ2n) is 3.86. The third-order valence-electron chi connectivity index (χ3n) is 2.43. The topological polar surface area (TPSA) is 57.5 Å². The Labute approximate surface area is 86.1 Å². The molecule has 14 heavy (non-hydrogen) atoms. The van der Waals surface area contributed by atoms with Crippen molar-refractivity contribution in [2.24, 2.45) is 5.92 Å². The maximum absolute atomic E-state index is 10.8. The molecule has 3 nitrogen and oxygen atoms in total. The summed E-state index contributed by atoms with van der Waals surface area (Å²) in [4.78, 5) is 10.8. The van der Waals surface area contributed by atoms with Gasteiger partial charge in [-0.2, -0.15) is 0 Å². The summed E-state index contributed by atoms with van der Waals surface area (Å²) in [5.41, 5.74) is 0. The molecule has 0 fully saturated rings. The zero-order chi connectivity index (χ0) is 11.0. The maximum atomic E-state index is 10.8. The molecule has 0 aliphatic carbocycles. The van der Waals surface area contributed by atoms with Gasteiger partial charge < -0.3 is 10.2 Å². The summed E-state index contributed by atoms with van der Waals surface area (Å²) in [6, 6.07) is 0. The van der Waals surface area contributed by atoms with E-state index in [1.54, 1.807) is 0 Å². The van der Waals surface area contributed by atoms with Crippen LogP contribution in [0.25, 0.3) is 0 Å². The van der Waals surface area contributed by atoms with Gasteiger partial charge in [0.2, 0.25) is 0 Å². The Kier molecular flexibility index (Phi) is 7.48. The average Bonchev–Trinajstić information content (AvgIpc) is 2.14. The Bertz CT molecular complexity index is 157. The van der Waals surface area contributed by atoms with Crippen LogP contribution < -0.4 is 0 Å². The van der Waals surface area contributed by atoms with Crippen molar-refractivity contribution in [1.82, 2.24) is 0 Å². The third-order valence-corrected chi connectivity index (χ3v) is 2.43. The van der Waals surface area contributed by atoms with Crippen molar-refractivity contribution in [3.05, 3.63) is 0 Å². The molecular formula is C11H22O3. The van der Waals surface area contributed by atoms with Crippen molar-refractivity contribution in [3.63, 3.8) is 0 Å². The van der Waals surface area contributed by atoms with Gasteiger partial charge in [0.15, 0.2) is 0 Å². The number of aliphatic hydroxyl groups excluding tert-OH is 1. The Balaban J connectivity index is 3.83. The van der Waals surface area contributed by atoms with E-state index < -0.39 is 12.1 Å². The minimum atomic E-state index is -0.776. The first-order chi connectivity index (χ1) is 6.61. The molecule has 0 amide bonds. The molecule has 0 spiro atoms. The summed E-state index contributed by atoms with van der Waals surface area (Å²) in [6.45, 7) is 4.03. The van der Waals surface area contributed by atoms with Crippen molar-refractivity contribution in [1.29, 1.82) is 0 Å². The number of unbranched alkanes of at least 4 members (excludes halogenated alkanes) is 1. The van der Waals surface area contributed by atoms with Crippen molar-refractivity contribution in [3.8, 4) is 0 Å². The molecule has 0 aromatic heterocycles. The number of carboxylic acid groups (broad SMARTS) is 1. The Hall–Kier alpha value is -0.570. The predicted molar refractivity (Wildman–Crippen MR) is 56.2 cm³/mol. The van der Waals surface area contributed by atoms with Gasteiger partial charge in [-0.1, -0.05) is 33.1 Å². The van der Waals surface area contributed by atoms with Crippen LogP contribution in [0.1, 0.15) is 52.4 Å². The van der Waals surface area contributed by atoms with Gasteiger partial charge in [0, 0.05) is 0 Å². The van der Waals surface area contributed by atoms with Gasteiger partial charge in [0.1, 0.15) is 0 Å². The number of aliphatic hydroxyl groups is 1. The highest BCUT2D eigenvalue weighted by atomic mass is 16.4. The molecule has 2 unspecified atom stereocenters. The normalized spacial score (nSPS) is 15.1. The molecule has 0 rings (SSSR count). The van der Waals surface area contributed by atoms with Crippen LogP contribution in [0, 0.1) is 5.92 Å². The number of rotatable bonds is 8. The summed E-state index contributed by atoms with van der Waals surface area (Å²) < 4.78 is 0. The van der Waals surface area contributed by atoms with E-state index in [0.29, 0.717) is 12.8 Å². The Morgan fingerprint density at radius 3 is 2.29 bits per heavy atom. The lowest BCUT2D eigenvalue weighted by atomic mass is 9.94. The van der Waals surface area contributed by atoms with Gasteiger partial charge >= 0.3 is 5.97 Å². The van der Waals surface area contributed by atoms with Crippen LogP contribution in [0.5, 0.6) is 0 Å². The fraction of sp³-hybridized carbons (Fsp3) is 0.909. The number of aliphatic carboxylic acids is 1. The van der Waals surface area contributed by atoms with Gasteiger partial charge in [-0.15, -0.1) is 0 Å². The molecule has 2 atom stereocenters. The lowest BCUT2D eigenvalue weighted by Gasteiger charge is -2.15. The summed E-state index contributed by atoms with van der Waals surface area (Å²) >= 11 is 0. The summed E-state index contributed by atoms with van der Waals surface area (Å²) in [7, 11) is 0. The van der Waals surface area contributed by atoms with Crippen LogP contribution in [0.4, 0.5) is 0 Å². The van der Waals surface area contributed by atoms with Gasteiger partial charge in [-0.3, -0.25) is 4.79 Å². The minimum Gasteiger partial charge on any atom is -0.481 e. The van der Waals surface area contributed by atoms with Gasteiger partial charge in [-0.25, -0.2) is 0 Å². The van der Waals surface area contributed by atoms with Gasteiger partial charge in [-0.05, 0) is 19.3 Å². The van der Waals surface area contributed by atoms with E-state index in [4.69, 9.17) is 5.11 Å². The average molecular weight is 202 g/mol. The van der Waals surface area contributed by atoms with Gasteiger partial charge in [0.05, 0.1) is 12.0 Å². The van der Waals surface area contributed by atoms with E-state index in [-0.39, 0.29) is 5.92 Å². The minimum absolute atomic E-state index is 0.369. The number of carboxylic acids is 1. The predicted octanol–water partition coefficient (Wildman–Crippen LogP) is 2.43. The van der Waals surface area contributed by atoms with Crippen LogP contribution in [0.2, 0.25) is 0 Å². The van der Waals surface area contributed by atoms with E-state index in [0.717, 1.165) is 25.7 Å². The lowest BCUT2D eigenvalue weighted by molar-refractivity contribution is -0.143. The Morgan fingerprint density at radius 1 is 1.21 bits per heavy atom. The van der Waals surface area contributed by atoms with Gasteiger partial charge in [0.25, 0.3) is 0 Å². The molecule has 0 saturated carbocycles. The van der Waals surface area contributed by atoms with Crippen molar-refractivity contribution >= 4 is 5.97 Å². The summed E-state index contributed by atoms with van der Waals surface area (Å²) in [6.07, 6.45) is 4.23. The van der Waals surface area contributed by atoms with E-state index in [9.17, 15) is 9.90 Å². The van der Waals surface area contributed by atoms with Crippen LogP contribution in [-0.2, 0) is 4.79 Å². The first-order valence-corrected chi connectivity index (χ1v) is 5.52. The first kappa shape index (κ1) is 13.4. The molecule has 0 aliphatic rings. The number of hydrogen-bond donors (Lipinski definition) is 2. The standard InChI is InChI=1S/C11H22O3/c1-3-5-7-10(12)8-9(6-4-2)11(13)14/h9-10,12H,3-8H2,1-2H3,(H,13,14). The van der Waals surface area contributed by atoms with Crippen molar-refractivity contribution < 1.29 is 15.0 Å².